The van der Waals surface area contributed by atoms with Crippen LogP contribution in [0.25, 0.3) is 0 Å². The van der Waals surface area contributed by atoms with Gasteiger partial charge in [0.15, 0.2) is 6.61 Å². The van der Waals surface area contributed by atoms with Crippen LogP contribution in [0.15, 0.2) is 41.8 Å². The molecule has 1 heterocycles. The Labute approximate surface area is 172 Å². The summed E-state index contributed by atoms with van der Waals surface area (Å²) in [7, 11) is 0. The molecule has 0 spiro atoms. The maximum Gasteiger partial charge on any atom is 0.338 e. The van der Waals surface area contributed by atoms with Crippen LogP contribution in [0.5, 0.6) is 0 Å². The monoisotopic (exact) mass is 417 g/mol. The highest BCUT2D eigenvalue weighted by atomic mass is 32.1. The quantitative estimate of drug-likeness (QED) is 0.572. The van der Waals surface area contributed by atoms with Crippen molar-refractivity contribution in [2.75, 3.05) is 18.5 Å². The number of hydrogen-bond acceptors (Lipinski definition) is 6. The number of thiophene rings is 1. The van der Waals surface area contributed by atoms with Crippen LogP contribution in [0, 0.1) is 5.92 Å². The molecule has 0 saturated heterocycles. The smallest absolute Gasteiger partial charge is 0.338 e. The zero-order chi connectivity index (χ0) is 21.2. The fraction of sp³-hybridized carbons (Fsp3) is 0.300. The summed E-state index contributed by atoms with van der Waals surface area (Å²) in [5.74, 6) is -1.24. The van der Waals surface area contributed by atoms with E-state index in [-0.39, 0.29) is 11.5 Å². The molecule has 0 aliphatic rings. The molecule has 4 amide bonds. The van der Waals surface area contributed by atoms with E-state index in [1.54, 1.807) is 29.6 Å². The third-order valence-corrected chi connectivity index (χ3v) is 4.59. The number of benzene rings is 1. The summed E-state index contributed by atoms with van der Waals surface area (Å²) in [5, 5.41) is 9.16. The Balaban J connectivity index is 1.75. The number of imide groups is 1. The summed E-state index contributed by atoms with van der Waals surface area (Å²) in [5.41, 5.74) is 0.740. The van der Waals surface area contributed by atoms with Gasteiger partial charge in [0.2, 0.25) is 0 Å². The molecular formula is C20H23N3O5S. The van der Waals surface area contributed by atoms with Crippen molar-refractivity contribution in [3.63, 3.8) is 0 Å². The number of anilines is 1. The number of amides is 4. The van der Waals surface area contributed by atoms with E-state index in [4.69, 9.17) is 4.74 Å². The maximum absolute atomic E-state index is 12.0. The van der Waals surface area contributed by atoms with Crippen LogP contribution in [0.1, 0.15) is 40.3 Å². The summed E-state index contributed by atoms with van der Waals surface area (Å²) in [6.07, 6.45) is 0.792. The summed E-state index contributed by atoms with van der Waals surface area (Å²) < 4.78 is 4.90. The van der Waals surface area contributed by atoms with E-state index in [0.29, 0.717) is 23.0 Å². The summed E-state index contributed by atoms with van der Waals surface area (Å²) >= 11 is 1.32. The molecular weight excluding hydrogens is 394 g/mol. The number of carbonyl (C=O) groups excluding carboxylic acids is 4. The Morgan fingerprint density at radius 1 is 1.07 bits per heavy atom. The molecule has 29 heavy (non-hydrogen) atoms. The highest BCUT2D eigenvalue weighted by molar-refractivity contribution is 7.12. The van der Waals surface area contributed by atoms with Crippen molar-refractivity contribution in [1.29, 1.82) is 0 Å². The van der Waals surface area contributed by atoms with Crippen LogP contribution < -0.4 is 16.0 Å². The fourth-order valence-electron chi connectivity index (χ4n) is 2.19. The van der Waals surface area contributed by atoms with Gasteiger partial charge in [-0.1, -0.05) is 19.9 Å². The molecule has 0 aliphatic carbocycles. The molecule has 8 nitrogen and oxygen atoms in total. The van der Waals surface area contributed by atoms with Gasteiger partial charge in [0, 0.05) is 12.2 Å². The van der Waals surface area contributed by atoms with Crippen molar-refractivity contribution in [3.8, 4) is 0 Å². The highest BCUT2D eigenvalue weighted by Gasteiger charge is 2.13. The lowest BCUT2D eigenvalue weighted by Crippen LogP contribution is -2.41. The van der Waals surface area contributed by atoms with E-state index in [9.17, 15) is 19.2 Å². The molecule has 154 valence electrons. The molecule has 0 aliphatic heterocycles. The topological polar surface area (TPSA) is 114 Å². The Kier molecular flexibility index (Phi) is 8.35. The molecule has 0 fully saturated rings. The van der Waals surface area contributed by atoms with E-state index in [1.165, 1.54) is 23.5 Å². The lowest BCUT2D eigenvalue weighted by molar-refractivity contribution is -0.123. The van der Waals surface area contributed by atoms with E-state index in [2.05, 4.69) is 16.0 Å². The van der Waals surface area contributed by atoms with Gasteiger partial charge in [-0.05, 0) is 48.1 Å². The second-order valence-electron chi connectivity index (χ2n) is 6.57. The Morgan fingerprint density at radius 3 is 2.41 bits per heavy atom. The van der Waals surface area contributed by atoms with Crippen molar-refractivity contribution in [1.82, 2.24) is 10.6 Å². The van der Waals surface area contributed by atoms with Gasteiger partial charge in [-0.2, -0.15) is 0 Å². The van der Waals surface area contributed by atoms with Crippen LogP contribution in [0.4, 0.5) is 10.5 Å². The standard InChI is InChI=1S/C20H23N3O5S/c1-13(2)9-10-21-20(27)23-17(24)12-28-19(26)14-5-7-15(8-6-14)22-18(25)16-4-3-11-29-16/h3-8,11,13H,9-10,12H2,1-2H3,(H,22,25)(H2,21,23,24,27). The molecule has 2 rings (SSSR count). The zero-order valence-corrected chi connectivity index (χ0v) is 17.0. The average molecular weight is 417 g/mol. The first-order valence-electron chi connectivity index (χ1n) is 9.05. The van der Waals surface area contributed by atoms with Gasteiger partial charge in [-0.3, -0.25) is 14.9 Å². The minimum absolute atomic E-state index is 0.216. The molecule has 9 heteroatoms. The molecule has 3 N–H and O–H groups in total. The number of hydrogen-bond donors (Lipinski definition) is 3. The Bertz CT molecular complexity index is 848. The van der Waals surface area contributed by atoms with Crippen LogP contribution in [0.2, 0.25) is 0 Å². The largest absolute Gasteiger partial charge is 0.452 e. The normalized spacial score (nSPS) is 10.3. The molecule has 0 saturated carbocycles. The van der Waals surface area contributed by atoms with E-state index < -0.39 is 24.5 Å². The molecule has 2 aromatic rings. The van der Waals surface area contributed by atoms with Gasteiger partial charge in [0.1, 0.15) is 0 Å². The first-order valence-corrected chi connectivity index (χ1v) is 9.93. The molecule has 0 radical (unpaired) electrons. The maximum atomic E-state index is 12.0. The Morgan fingerprint density at radius 2 is 1.79 bits per heavy atom. The summed E-state index contributed by atoms with van der Waals surface area (Å²) in [6.45, 7) is 3.92. The number of esters is 1. The second kappa shape index (κ2) is 11.0. The number of ether oxygens (including phenoxy) is 1. The predicted molar refractivity (Wildman–Crippen MR) is 110 cm³/mol. The van der Waals surface area contributed by atoms with Gasteiger partial charge in [-0.25, -0.2) is 9.59 Å². The molecule has 1 aromatic heterocycles. The zero-order valence-electron chi connectivity index (χ0n) is 16.2. The summed E-state index contributed by atoms with van der Waals surface area (Å²) in [4.78, 5) is 47.8. The van der Waals surface area contributed by atoms with Crippen molar-refractivity contribution in [2.24, 2.45) is 5.92 Å². The highest BCUT2D eigenvalue weighted by Crippen LogP contribution is 2.14. The van der Waals surface area contributed by atoms with E-state index in [1.807, 2.05) is 13.8 Å². The number of nitrogens with one attached hydrogen (secondary N) is 3. The second-order valence-corrected chi connectivity index (χ2v) is 7.52. The minimum Gasteiger partial charge on any atom is -0.452 e. The van der Waals surface area contributed by atoms with Gasteiger partial charge in [0.05, 0.1) is 10.4 Å². The van der Waals surface area contributed by atoms with Gasteiger partial charge in [0.25, 0.3) is 11.8 Å². The third kappa shape index (κ3) is 7.74. The average Bonchev–Trinajstić information content (AvgIpc) is 3.21. The first-order chi connectivity index (χ1) is 13.8. The fourth-order valence-corrected chi connectivity index (χ4v) is 2.80. The first kappa shape index (κ1) is 22.1. The summed E-state index contributed by atoms with van der Waals surface area (Å²) in [6, 6.07) is 8.93. The number of carbonyl (C=O) groups is 4. The van der Waals surface area contributed by atoms with Gasteiger partial charge < -0.3 is 15.4 Å². The van der Waals surface area contributed by atoms with Crippen LogP contribution in [-0.2, 0) is 9.53 Å². The number of urea groups is 1. The van der Waals surface area contributed by atoms with E-state index in [0.717, 1.165) is 6.42 Å². The van der Waals surface area contributed by atoms with Crippen LogP contribution in [-0.4, -0.2) is 37.0 Å². The van der Waals surface area contributed by atoms with Crippen LogP contribution >= 0.6 is 11.3 Å². The van der Waals surface area contributed by atoms with Gasteiger partial charge >= 0.3 is 12.0 Å². The molecule has 0 bridgehead atoms. The lowest BCUT2D eigenvalue weighted by Gasteiger charge is -2.09. The minimum atomic E-state index is -0.722. The lowest BCUT2D eigenvalue weighted by atomic mass is 10.1. The van der Waals surface area contributed by atoms with E-state index >= 15 is 0 Å². The van der Waals surface area contributed by atoms with Crippen molar-refractivity contribution in [3.05, 3.63) is 52.2 Å². The number of rotatable bonds is 8. The van der Waals surface area contributed by atoms with Crippen LogP contribution in [0.3, 0.4) is 0 Å². The van der Waals surface area contributed by atoms with Crippen molar-refractivity contribution in [2.45, 2.75) is 20.3 Å². The molecule has 0 atom stereocenters. The third-order valence-electron chi connectivity index (χ3n) is 3.72. The van der Waals surface area contributed by atoms with Crippen molar-refractivity contribution < 1.29 is 23.9 Å². The van der Waals surface area contributed by atoms with Crippen molar-refractivity contribution >= 4 is 40.8 Å². The predicted octanol–water partition coefficient (Wildman–Crippen LogP) is 3.03. The molecule has 0 unspecified atom stereocenters. The molecule has 1 aromatic carbocycles. The van der Waals surface area contributed by atoms with Gasteiger partial charge in [-0.15, -0.1) is 11.3 Å². The Hall–Kier alpha value is -3.20. The SMILES string of the molecule is CC(C)CCNC(=O)NC(=O)COC(=O)c1ccc(NC(=O)c2cccs2)cc1.